The van der Waals surface area contributed by atoms with Gasteiger partial charge >= 0.3 is 0 Å². The smallest absolute Gasteiger partial charge is 0.255 e. The number of H-pyrrole nitrogens is 1. The minimum atomic E-state index is -3.99. The topological polar surface area (TPSA) is 122 Å². The van der Waals surface area contributed by atoms with Crippen molar-refractivity contribution in [1.82, 2.24) is 15.0 Å². The van der Waals surface area contributed by atoms with Crippen LogP contribution < -0.4 is 15.6 Å². The molecule has 9 heteroatoms. The van der Waals surface area contributed by atoms with Crippen molar-refractivity contribution in [2.45, 2.75) is 43.5 Å². The van der Waals surface area contributed by atoms with Crippen LogP contribution in [0, 0.1) is 0 Å². The second-order valence-corrected chi connectivity index (χ2v) is 9.30. The van der Waals surface area contributed by atoms with E-state index in [9.17, 15) is 13.2 Å². The van der Waals surface area contributed by atoms with Crippen molar-refractivity contribution in [3.63, 3.8) is 0 Å². The number of aryl methyl sites for hydroxylation is 1. The first kappa shape index (κ1) is 18.3. The summed E-state index contributed by atoms with van der Waals surface area (Å²) >= 11 is 0. The number of hydrogen-bond donors (Lipinski definition) is 2. The number of fused-ring (bicyclic) bond motifs is 2. The monoisotopic (exact) mass is 411 g/mol. The number of nitrogens with two attached hydrogens (primary N) is 1. The van der Waals surface area contributed by atoms with Gasteiger partial charge in [-0.3, -0.25) is 4.79 Å². The molecule has 8 nitrogen and oxygen atoms in total. The van der Waals surface area contributed by atoms with Crippen molar-refractivity contribution in [3.8, 4) is 11.3 Å². The molecule has 1 aliphatic heterocycles. The molecule has 0 amide bonds. The van der Waals surface area contributed by atoms with Gasteiger partial charge < -0.3 is 9.88 Å². The predicted molar refractivity (Wildman–Crippen MR) is 110 cm³/mol. The maximum Gasteiger partial charge on any atom is 0.255 e. The van der Waals surface area contributed by atoms with Gasteiger partial charge in [0.05, 0.1) is 5.69 Å². The van der Waals surface area contributed by atoms with Gasteiger partial charge in [0.15, 0.2) is 0 Å². The van der Waals surface area contributed by atoms with E-state index >= 15 is 0 Å². The maximum atomic E-state index is 12.2. The summed E-state index contributed by atoms with van der Waals surface area (Å²) in [5, 5.41) is 5.96. The van der Waals surface area contributed by atoms with Crippen LogP contribution in [0.4, 0.5) is 5.95 Å². The molecule has 0 radical (unpaired) electrons. The number of primary sulfonamides is 1. The summed E-state index contributed by atoms with van der Waals surface area (Å²) < 4.78 is 24.1. The summed E-state index contributed by atoms with van der Waals surface area (Å²) in [6.45, 7) is 3.09. The van der Waals surface area contributed by atoms with Crippen LogP contribution in [-0.2, 0) is 22.9 Å². The Balaban J connectivity index is 1.75. The van der Waals surface area contributed by atoms with E-state index in [2.05, 4.69) is 16.8 Å². The lowest BCUT2D eigenvalue weighted by atomic mass is 10.0. The van der Waals surface area contributed by atoms with Gasteiger partial charge in [-0.05, 0) is 44.7 Å². The highest BCUT2D eigenvalue weighted by Gasteiger charge is 2.29. The zero-order chi connectivity index (χ0) is 20.3. The Hall–Kier alpha value is -2.78. The molecule has 1 atom stereocenters. The number of nitrogens with zero attached hydrogens (tertiary/aromatic N) is 3. The number of rotatable bonds is 3. The average Bonchev–Trinajstić information content (AvgIpc) is 3.13. The predicted octanol–water partition coefficient (Wildman–Crippen LogP) is 1.72. The van der Waals surface area contributed by atoms with Crippen LogP contribution in [-0.4, -0.2) is 36.0 Å². The van der Waals surface area contributed by atoms with E-state index < -0.39 is 10.0 Å². The van der Waals surface area contributed by atoms with Gasteiger partial charge in [0.1, 0.15) is 4.90 Å². The lowest BCUT2D eigenvalue weighted by Gasteiger charge is -2.39. The number of anilines is 1. The number of pyridine rings is 1. The van der Waals surface area contributed by atoms with Gasteiger partial charge in [-0.1, -0.05) is 6.07 Å². The van der Waals surface area contributed by atoms with Crippen molar-refractivity contribution < 1.29 is 8.42 Å². The van der Waals surface area contributed by atoms with Crippen molar-refractivity contribution in [2.75, 3.05) is 11.4 Å². The lowest BCUT2D eigenvalue weighted by Crippen LogP contribution is -2.46. The standard InChI is InChI=1S/C20H21N5O3S/c1-11-7-8-25(11)20-23-16-4-2-3-14(16)18(24-20)12-5-6-13-15(9-12)17(29(21,27)28)10-22-19(13)26/h5-6,9-11H,2-4,7-8H2,1H3,(H,22,26)(H2,21,27,28)/t11-/m0/s1. The van der Waals surface area contributed by atoms with Gasteiger partial charge in [0.25, 0.3) is 5.56 Å². The molecule has 0 spiro atoms. The first-order valence-electron chi connectivity index (χ1n) is 9.68. The Morgan fingerprint density at radius 3 is 2.72 bits per heavy atom. The van der Waals surface area contributed by atoms with E-state index in [1.807, 2.05) is 6.07 Å². The second kappa shape index (κ2) is 6.36. The quantitative estimate of drug-likeness (QED) is 0.677. The van der Waals surface area contributed by atoms with Gasteiger partial charge in [-0.2, -0.15) is 0 Å². The fourth-order valence-corrected chi connectivity index (χ4v) is 4.91. The zero-order valence-corrected chi connectivity index (χ0v) is 16.8. The molecule has 150 valence electrons. The molecule has 29 heavy (non-hydrogen) atoms. The zero-order valence-electron chi connectivity index (χ0n) is 16.0. The van der Waals surface area contributed by atoms with E-state index in [1.54, 1.807) is 12.1 Å². The fraction of sp³-hybridized carbons (Fsp3) is 0.350. The first-order chi connectivity index (χ1) is 13.8. The molecule has 1 aromatic carbocycles. The van der Waals surface area contributed by atoms with Crippen molar-refractivity contribution in [3.05, 3.63) is 46.0 Å². The number of sulfonamides is 1. The van der Waals surface area contributed by atoms with Crippen molar-refractivity contribution >= 4 is 26.7 Å². The normalized spacial score (nSPS) is 18.7. The van der Waals surface area contributed by atoms with E-state index in [0.717, 1.165) is 66.9 Å². The molecule has 0 unspecified atom stereocenters. The van der Waals surface area contributed by atoms with Crippen LogP contribution >= 0.6 is 0 Å². The third-order valence-electron chi connectivity index (χ3n) is 5.94. The Kier molecular flexibility index (Phi) is 4.01. The third kappa shape index (κ3) is 2.92. The number of aromatic amines is 1. The molecular weight excluding hydrogens is 390 g/mol. The highest BCUT2D eigenvalue weighted by molar-refractivity contribution is 7.89. The number of hydrogen-bond acceptors (Lipinski definition) is 6. The molecule has 0 saturated carbocycles. The highest BCUT2D eigenvalue weighted by atomic mass is 32.2. The van der Waals surface area contributed by atoms with Crippen LogP contribution in [0.1, 0.15) is 31.0 Å². The maximum absolute atomic E-state index is 12.2. The second-order valence-electron chi connectivity index (χ2n) is 7.77. The van der Waals surface area contributed by atoms with Gasteiger partial charge in [-0.25, -0.2) is 23.5 Å². The average molecular weight is 411 g/mol. The highest BCUT2D eigenvalue weighted by Crippen LogP contribution is 2.35. The lowest BCUT2D eigenvalue weighted by molar-refractivity contribution is 0.470. The minimum absolute atomic E-state index is 0.101. The number of aromatic nitrogens is 3. The van der Waals surface area contributed by atoms with E-state index in [0.29, 0.717) is 11.4 Å². The molecule has 1 aliphatic carbocycles. The number of nitrogens with one attached hydrogen (secondary N) is 1. The van der Waals surface area contributed by atoms with Gasteiger partial charge in [0.2, 0.25) is 16.0 Å². The fourth-order valence-electron chi connectivity index (χ4n) is 4.22. The Morgan fingerprint density at radius 2 is 2.03 bits per heavy atom. The Bertz CT molecular complexity index is 1320. The summed E-state index contributed by atoms with van der Waals surface area (Å²) in [6, 6.07) is 5.56. The SMILES string of the molecule is C[C@H]1CCN1c1nc2c(c(-c3ccc4c(=O)[nH]cc(S(N)(=O)=O)c4c3)n1)CCC2. The van der Waals surface area contributed by atoms with Gasteiger partial charge in [0, 0.05) is 46.4 Å². The van der Waals surface area contributed by atoms with Crippen LogP contribution in [0.3, 0.4) is 0 Å². The van der Waals surface area contributed by atoms with Gasteiger partial charge in [-0.15, -0.1) is 0 Å². The molecule has 2 aliphatic rings. The summed E-state index contributed by atoms with van der Waals surface area (Å²) in [5.74, 6) is 0.720. The molecule has 3 heterocycles. The summed E-state index contributed by atoms with van der Waals surface area (Å²) in [7, 11) is -3.99. The van der Waals surface area contributed by atoms with Crippen LogP contribution in [0.15, 0.2) is 34.1 Å². The molecule has 2 aromatic heterocycles. The Morgan fingerprint density at radius 1 is 1.21 bits per heavy atom. The number of benzene rings is 1. The first-order valence-corrected chi connectivity index (χ1v) is 11.2. The van der Waals surface area contributed by atoms with Crippen molar-refractivity contribution in [1.29, 1.82) is 0 Å². The Labute approximate surface area is 167 Å². The molecule has 1 saturated heterocycles. The summed E-state index contributed by atoms with van der Waals surface area (Å²) in [6.07, 6.45) is 5.09. The van der Waals surface area contributed by atoms with E-state index in [4.69, 9.17) is 15.1 Å². The summed E-state index contributed by atoms with van der Waals surface area (Å²) in [4.78, 5) is 26.4. The molecule has 3 aromatic rings. The minimum Gasteiger partial charge on any atom is -0.338 e. The molecule has 3 N–H and O–H groups in total. The third-order valence-corrected chi connectivity index (χ3v) is 6.89. The molecule has 1 fully saturated rings. The van der Waals surface area contributed by atoms with Crippen molar-refractivity contribution in [2.24, 2.45) is 5.14 Å². The largest absolute Gasteiger partial charge is 0.338 e. The molecular formula is C20H21N5O3S. The van der Waals surface area contributed by atoms with E-state index in [1.165, 1.54) is 0 Å². The van der Waals surface area contributed by atoms with Crippen LogP contribution in [0.2, 0.25) is 0 Å². The molecule has 5 rings (SSSR count). The van der Waals surface area contributed by atoms with E-state index in [-0.39, 0.29) is 15.8 Å². The van der Waals surface area contributed by atoms with Crippen LogP contribution in [0.5, 0.6) is 0 Å². The summed E-state index contributed by atoms with van der Waals surface area (Å²) in [5.41, 5.74) is 3.37. The van der Waals surface area contributed by atoms with Crippen LogP contribution in [0.25, 0.3) is 22.0 Å². The molecule has 0 bridgehead atoms.